The Morgan fingerprint density at radius 1 is 1.00 bits per heavy atom. The number of aliphatic hydroxyl groups excluding tert-OH is 4. The highest BCUT2D eigenvalue weighted by Crippen LogP contribution is 2.38. The first-order valence-corrected chi connectivity index (χ1v) is 10.5. The Bertz CT molecular complexity index is 1030. The van der Waals surface area contributed by atoms with Gasteiger partial charge in [-0.15, -0.1) is 0 Å². The van der Waals surface area contributed by atoms with E-state index >= 15 is 0 Å². The first kappa shape index (κ1) is 21.8. The number of rotatable bonds is 6. The lowest BCUT2D eigenvalue weighted by molar-refractivity contribution is -0.231. The van der Waals surface area contributed by atoms with Gasteiger partial charge in [0.1, 0.15) is 36.3 Å². The van der Waals surface area contributed by atoms with Crippen LogP contribution in [0, 0.1) is 6.92 Å². The minimum atomic E-state index is -1.41. The fourth-order valence-electron chi connectivity index (χ4n) is 4.33. The molecule has 7 heteroatoms. The normalized spacial score (nSPS) is 26.3. The van der Waals surface area contributed by atoms with E-state index in [-0.39, 0.29) is 0 Å². The molecule has 1 aliphatic rings. The van der Waals surface area contributed by atoms with Crippen molar-refractivity contribution in [2.24, 2.45) is 0 Å². The molecular weight excluding hydrogens is 398 g/mol. The number of hydrogen-bond donors (Lipinski definition) is 4. The topological polar surface area (TPSA) is 104 Å². The fraction of sp³-hybridized carbons (Fsp3) is 0.417. The third-order valence-corrected chi connectivity index (χ3v) is 5.93. The molecule has 2 heterocycles. The third kappa shape index (κ3) is 4.07. The summed E-state index contributed by atoms with van der Waals surface area (Å²) < 4.78 is 13.4. The van der Waals surface area contributed by atoms with Crippen LogP contribution >= 0.6 is 0 Å². The van der Waals surface area contributed by atoms with E-state index in [1.54, 1.807) is 0 Å². The molecule has 0 unspecified atom stereocenters. The molecule has 0 radical (unpaired) electrons. The van der Waals surface area contributed by atoms with Crippen molar-refractivity contribution in [3.63, 3.8) is 0 Å². The summed E-state index contributed by atoms with van der Waals surface area (Å²) in [7, 11) is 0. The summed E-state index contributed by atoms with van der Waals surface area (Å²) in [6.07, 6.45) is -4.01. The van der Waals surface area contributed by atoms with Gasteiger partial charge in [0, 0.05) is 29.2 Å². The first-order valence-electron chi connectivity index (χ1n) is 10.5. The zero-order chi connectivity index (χ0) is 22.1. The van der Waals surface area contributed by atoms with Crippen LogP contribution < -0.4 is 4.74 Å². The van der Waals surface area contributed by atoms with Crippen LogP contribution in [0.5, 0.6) is 5.75 Å². The van der Waals surface area contributed by atoms with E-state index in [0.29, 0.717) is 13.2 Å². The predicted molar refractivity (Wildman–Crippen MR) is 116 cm³/mol. The average molecular weight is 427 g/mol. The summed E-state index contributed by atoms with van der Waals surface area (Å²) in [5.74, 6) is 0.821. The molecular formula is C24H29NO6. The second-order valence-corrected chi connectivity index (χ2v) is 8.01. The molecule has 0 amide bonds. The summed E-state index contributed by atoms with van der Waals surface area (Å²) >= 11 is 0. The lowest BCUT2D eigenvalue weighted by Crippen LogP contribution is -2.55. The van der Waals surface area contributed by atoms with Crippen molar-refractivity contribution in [2.75, 3.05) is 13.2 Å². The highest BCUT2D eigenvalue weighted by Gasteiger charge is 2.44. The van der Waals surface area contributed by atoms with E-state index in [4.69, 9.17) is 9.47 Å². The van der Waals surface area contributed by atoms with Crippen molar-refractivity contribution < 1.29 is 29.9 Å². The summed E-state index contributed by atoms with van der Waals surface area (Å²) in [5.41, 5.74) is 3.79. The number of aromatic nitrogens is 1. The summed E-state index contributed by atoms with van der Waals surface area (Å²) in [6, 6.07) is 13.9. The number of hydrogen-bond acceptors (Lipinski definition) is 6. The van der Waals surface area contributed by atoms with Crippen LogP contribution in [0.3, 0.4) is 0 Å². The molecule has 166 valence electrons. The van der Waals surface area contributed by atoms with Gasteiger partial charge in [0.15, 0.2) is 0 Å². The van der Waals surface area contributed by atoms with Gasteiger partial charge in [0.2, 0.25) is 0 Å². The molecule has 1 fully saturated rings. The van der Waals surface area contributed by atoms with Gasteiger partial charge in [0.25, 0.3) is 0 Å². The van der Waals surface area contributed by atoms with Crippen molar-refractivity contribution in [3.8, 4) is 5.75 Å². The van der Waals surface area contributed by atoms with Crippen molar-refractivity contribution in [1.29, 1.82) is 0 Å². The molecule has 7 nitrogen and oxygen atoms in total. The molecule has 4 N–H and O–H groups in total. The third-order valence-electron chi connectivity index (χ3n) is 5.93. The molecule has 5 atom stereocenters. The molecule has 0 spiro atoms. The van der Waals surface area contributed by atoms with E-state index in [2.05, 4.69) is 4.57 Å². The van der Waals surface area contributed by atoms with Crippen LogP contribution in [-0.4, -0.2) is 62.6 Å². The minimum absolute atomic E-state index is 0.453. The second kappa shape index (κ2) is 8.98. The van der Waals surface area contributed by atoms with Gasteiger partial charge in [-0.25, -0.2) is 0 Å². The Labute approximate surface area is 181 Å². The van der Waals surface area contributed by atoms with Crippen molar-refractivity contribution in [2.45, 2.75) is 50.9 Å². The van der Waals surface area contributed by atoms with Crippen LogP contribution in [-0.2, 0) is 11.3 Å². The standard InChI is InChI=1S/C24H29NO6/c1-3-30-16-9-7-15(8-10-16)11-25-12-17(20-14(2)5-4-6-18(20)25)24-23(29)22(28)21(27)19(13-26)31-24/h4-10,12,19,21-24,26-29H,3,11,13H2,1-2H3/t19-,21-,22+,23-,24+/m1/s1. The van der Waals surface area contributed by atoms with Gasteiger partial charge in [-0.05, 0) is 43.2 Å². The molecule has 0 aliphatic carbocycles. The lowest BCUT2D eigenvalue weighted by Gasteiger charge is -2.40. The molecule has 31 heavy (non-hydrogen) atoms. The van der Waals surface area contributed by atoms with E-state index in [1.807, 2.05) is 62.5 Å². The highest BCUT2D eigenvalue weighted by molar-refractivity contribution is 5.87. The van der Waals surface area contributed by atoms with Gasteiger partial charge in [-0.2, -0.15) is 0 Å². The minimum Gasteiger partial charge on any atom is -0.494 e. The second-order valence-electron chi connectivity index (χ2n) is 8.01. The Hall–Kier alpha value is -2.42. The number of ether oxygens (including phenoxy) is 2. The van der Waals surface area contributed by atoms with E-state index in [0.717, 1.165) is 33.3 Å². The van der Waals surface area contributed by atoms with E-state index in [9.17, 15) is 20.4 Å². The highest BCUT2D eigenvalue weighted by atomic mass is 16.5. The molecule has 1 aromatic heterocycles. The Kier molecular flexibility index (Phi) is 6.31. The average Bonchev–Trinajstić information content (AvgIpc) is 3.13. The zero-order valence-corrected chi connectivity index (χ0v) is 17.7. The van der Waals surface area contributed by atoms with Gasteiger partial charge >= 0.3 is 0 Å². The molecule has 0 bridgehead atoms. The Balaban J connectivity index is 1.73. The largest absolute Gasteiger partial charge is 0.494 e. The Morgan fingerprint density at radius 3 is 2.42 bits per heavy atom. The lowest BCUT2D eigenvalue weighted by atomic mass is 9.90. The van der Waals surface area contributed by atoms with Gasteiger partial charge in [-0.3, -0.25) is 0 Å². The Morgan fingerprint density at radius 2 is 1.74 bits per heavy atom. The van der Waals surface area contributed by atoms with Crippen LogP contribution in [0.15, 0.2) is 48.7 Å². The molecule has 3 aromatic rings. The van der Waals surface area contributed by atoms with Gasteiger partial charge < -0.3 is 34.5 Å². The quantitative estimate of drug-likeness (QED) is 0.479. The van der Waals surface area contributed by atoms with E-state index < -0.39 is 37.1 Å². The fourth-order valence-corrected chi connectivity index (χ4v) is 4.33. The van der Waals surface area contributed by atoms with Crippen molar-refractivity contribution >= 4 is 10.9 Å². The maximum absolute atomic E-state index is 10.7. The zero-order valence-electron chi connectivity index (χ0n) is 17.7. The molecule has 4 rings (SSSR count). The monoisotopic (exact) mass is 427 g/mol. The molecule has 1 aliphatic heterocycles. The summed E-state index contributed by atoms with van der Waals surface area (Å²) in [5, 5.41) is 41.6. The maximum Gasteiger partial charge on any atom is 0.119 e. The van der Waals surface area contributed by atoms with Crippen LogP contribution in [0.25, 0.3) is 10.9 Å². The molecule has 2 aromatic carbocycles. The molecule has 1 saturated heterocycles. The SMILES string of the molecule is CCOc1ccc(Cn2cc([C@@H]3O[C@H](CO)[C@@H](O)[C@H](O)[C@H]3O)c3c(C)cccc32)cc1. The number of nitrogens with zero attached hydrogens (tertiary/aromatic N) is 1. The maximum atomic E-state index is 10.7. The molecule has 0 saturated carbocycles. The number of aliphatic hydroxyl groups is 4. The van der Waals surface area contributed by atoms with Crippen molar-refractivity contribution in [3.05, 3.63) is 65.4 Å². The summed E-state index contributed by atoms with van der Waals surface area (Å²) in [4.78, 5) is 0. The number of fused-ring (bicyclic) bond motifs is 1. The number of benzene rings is 2. The van der Waals surface area contributed by atoms with Crippen LogP contribution in [0.1, 0.15) is 29.7 Å². The van der Waals surface area contributed by atoms with Crippen molar-refractivity contribution in [1.82, 2.24) is 4.57 Å². The summed E-state index contributed by atoms with van der Waals surface area (Å²) in [6.45, 7) is 4.69. The first-order chi connectivity index (χ1) is 14.9. The van der Waals surface area contributed by atoms with Gasteiger partial charge in [-0.1, -0.05) is 24.3 Å². The van der Waals surface area contributed by atoms with E-state index in [1.165, 1.54) is 0 Å². The number of aryl methyl sites for hydroxylation is 1. The van der Waals surface area contributed by atoms with Crippen LogP contribution in [0.4, 0.5) is 0 Å². The smallest absolute Gasteiger partial charge is 0.119 e. The predicted octanol–water partition coefficient (Wildman–Crippen LogP) is 1.91. The van der Waals surface area contributed by atoms with Crippen LogP contribution in [0.2, 0.25) is 0 Å². The van der Waals surface area contributed by atoms with Gasteiger partial charge in [0.05, 0.1) is 13.2 Å².